The fraction of sp³-hybridized carbons (Fsp3) is 0.667. The fourth-order valence-electron chi connectivity index (χ4n) is 1.66. The molecular weight excluding hydrogens is 397 g/mol. The zero-order valence-corrected chi connectivity index (χ0v) is 16.6. The first-order valence-corrected chi connectivity index (χ1v) is 8.18. The summed E-state index contributed by atoms with van der Waals surface area (Å²) in [5.41, 5.74) is 1.32. The highest BCUT2D eigenvalue weighted by Gasteiger charge is 2.01. The van der Waals surface area contributed by atoms with Crippen LogP contribution in [0.4, 0.5) is 0 Å². The molecule has 0 bridgehead atoms. The molecule has 0 unspecified atom stereocenters. The van der Waals surface area contributed by atoms with E-state index in [0.717, 1.165) is 38.6 Å². The van der Waals surface area contributed by atoms with Crippen molar-refractivity contribution in [3.8, 4) is 0 Å². The van der Waals surface area contributed by atoms with E-state index in [2.05, 4.69) is 54.8 Å². The molecule has 0 aromatic carbocycles. The summed E-state index contributed by atoms with van der Waals surface area (Å²) in [6.45, 7) is 11.6. The zero-order chi connectivity index (χ0) is 14.8. The lowest BCUT2D eigenvalue weighted by atomic mass is 10.3. The highest BCUT2D eigenvalue weighted by Crippen LogP contribution is 2.16. The van der Waals surface area contributed by atoms with Crippen LogP contribution < -0.4 is 10.6 Å². The van der Waals surface area contributed by atoms with Crippen molar-refractivity contribution in [2.24, 2.45) is 4.99 Å². The van der Waals surface area contributed by atoms with Gasteiger partial charge in [-0.3, -0.25) is 0 Å². The lowest BCUT2D eigenvalue weighted by Gasteiger charge is -2.12. The molecule has 1 aromatic rings. The molecule has 1 heterocycles. The number of nitrogens with zero attached hydrogens (tertiary/aromatic N) is 1. The van der Waals surface area contributed by atoms with Gasteiger partial charge in [-0.2, -0.15) is 0 Å². The van der Waals surface area contributed by atoms with Gasteiger partial charge in [0.1, 0.15) is 0 Å². The van der Waals surface area contributed by atoms with Crippen LogP contribution >= 0.6 is 35.3 Å². The smallest absolute Gasteiger partial charge is 0.191 e. The van der Waals surface area contributed by atoms with Crippen LogP contribution in [0.2, 0.25) is 0 Å². The van der Waals surface area contributed by atoms with Gasteiger partial charge >= 0.3 is 0 Å². The van der Waals surface area contributed by atoms with Crippen LogP contribution in [-0.4, -0.2) is 31.8 Å². The molecule has 0 fully saturated rings. The monoisotopic (exact) mass is 425 g/mol. The summed E-state index contributed by atoms with van der Waals surface area (Å²) in [7, 11) is 0. The summed E-state index contributed by atoms with van der Waals surface area (Å²) < 4.78 is 5.52. The largest absolute Gasteiger partial charge is 0.379 e. The van der Waals surface area contributed by atoms with Crippen molar-refractivity contribution in [3.63, 3.8) is 0 Å². The average Bonchev–Trinajstić information content (AvgIpc) is 2.80. The summed E-state index contributed by atoms with van der Waals surface area (Å²) in [4.78, 5) is 5.94. The van der Waals surface area contributed by atoms with Crippen molar-refractivity contribution < 1.29 is 4.74 Å². The van der Waals surface area contributed by atoms with E-state index in [1.54, 1.807) is 11.3 Å². The molecule has 0 aliphatic carbocycles. The molecule has 122 valence electrons. The maximum Gasteiger partial charge on any atom is 0.191 e. The Morgan fingerprint density at radius 3 is 2.71 bits per heavy atom. The first-order valence-electron chi connectivity index (χ1n) is 7.30. The van der Waals surface area contributed by atoms with Crippen LogP contribution in [0.3, 0.4) is 0 Å². The Hall–Kier alpha value is -0.340. The summed E-state index contributed by atoms with van der Waals surface area (Å²) >= 11 is 1.76. The van der Waals surface area contributed by atoms with Gasteiger partial charge < -0.3 is 15.4 Å². The number of ether oxygens (including phenoxy) is 1. The highest BCUT2D eigenvalue weighted by molar-refractivity contribution is 14.0. The molecule has 2 N–H and O–H groups in total. The Kier molecular flexibility index (Phi) is 12.0. The molecule has 6 heteroatoms. The van der Waals surface area contributed by atoms with E-state index in [-0.39, 0.29) is 24.0 Å². The second-order valence-electron chi connectivity index (χ2n) is 4.92. The highest BCUT2D eigenvalue weighted by atomic mass is 127. The quantitative estimate of drug-likeness (QED) is 0.290. The Bertz CT molecular complexity index is 407. The number of guanidine groups is 1. The molecule has 1 aromatic heterocycles. The average molecular weight is 425 g/mol. The lowest BCUT2D eigenvalue weighted by Crippen LogP contribution is -2.38. The second kappa shape index (κ2) is 12.2. The molecule has 0 saturated carbocycles. The third kappa shape index (κ3) is 9.31. The van der Waals surface area contributed by atoms with Gasteiger partial charge in [0.25, 0.3) is 0 Å². The molecule has 0 spiro atoms. The van der Waals surface area contributed by atoms with Crippen LogP contribution in [-0.2, 0) is 11.3 Å². The van der Waals surface area contributed by atoms with Gasteiger partial charge in [-0.15, -0.1) is 35.3 Å². The zero-order valence-electron chi connectivity index (χ0n) is 13.4. The van der Waals surface area contributed by atoms with Crippen molar-refractivity contribution in [1.82, 2.24) is 10.6 Å². The SMILES string of the molecule is CCNC(=NCc1sccc1C)NCCCOC(C)C.I. The van der Waals surface area contributed by atoms with E-state index < -0.39 is 0 Å². The predicted octanol–water partition coefficient (Wildman–Crippen LogP) is 3.54. The summed E-state index contributed by atoms with van der Waals surface area (Å²) in [5.74, 6) is 0.879. The number of nitrogens with one attached hydrogen (secondary N) is 2. The number of aliphatic imine (C=N–C) groups is 1. The summed E-state index contributed by atoms with van der Waals surface area (Å²) in [5, 5.41) is 8.72. The van der Waals surface area contributed by atoms with E-state index in [9.17, 15) is 0 Å². The Balaban J connectivity index is 0.00000400. The minimum absolute atomic E-state index is 0. The lowest BCUT2D eigenvalue weighted by molar-refractivity contribution is 0.0776. The van der Waals surface area contributed by atoms with Crippen molar-refractivity contribution in [1.29, 1.82) is 0 Å². The van der Waals surface area contributed by atoms with Crippen LogP contribution in [0.1, 0.15) is 37.6 Å². The fourth-order valence-corrected chi connectivity index (χ4v) is 2.49. The minimum Gasteiger partial charge on any atom is -0.379 e. The van der Waals surface area contributed by atoms with E-state index in [1.807, 2.05) is 0 Å². The van der Waals surface area contributed by atoms with Crippen molar-refractivity contribution in [2.45, 2.75) is 46.8 Å². The van der Waals surface area contributed by atoms with Gasteiger partial charge in [0.2, 0.25) is 0 Å². The van der Waals surface area contributed by atoms with E-state index >= 15 is 0 Å². The minimum atomic E-state index is 0. The Morgan fingerprint density at radius 1 is 1.38 bits per heavy atom. The maximum atomic E-state index is 5.52. The van der Waals surface area contributed by atoms with E-state index in [0.29, 0.717) is 6.10 Å². The molecule has 0 radical (unpaired) electrons. The molecule has 0 aliphatic heterocycles. The van der Waals surface area contributed by atoms with Gasteiger partial charge in [-0.1, -0.05) is 0 Å². The third-order valence-electron chi connectivity index (χ3n) is 2.76. The number of thiophene rings is 1. The standard InChI is InChI=1S/C15H27N3OS.HI/c1-5-16-15(17-8-6-9-19-12(2)3)18-11-14-13(4)7-10-20-14;/h7,10,12H,5-6,8-9,11H2,1-4H3,(H2,16,17,18);1H. The van der Waals surface area contributed by atoms with E-state index in [1.165, 1.54) is 10.4 Å². The molecule has 0 saturated heterocycles. The molecule has 0 aliphatic rings. The van der Waals surface area contributed by atoms with Gasteiger partial charge in [0, 0.05) is 24.6 Å². The third-order valence-corrected chi connectivity index (χ3v) is 3.77. The van der Waals surface area contributed by atoms with Gasteiger partial charge in [-0.25, -0.2) is 4.99 Å². The molecule has 0 atom stereocenters. The number of halogens is 1. The summed E-state index contributed by atoms with van der Waals surface area (Å²) in [6.07, 6.45) is 1.29. The molecule has 21 heavy (non-hydrogen) atoms. The van der Waals surface area contributed by atoms with Crippen LogP contribution in [0.25, 0.3) is 0 Å². The van der Waals surface area contributed by atoms with Crippen LogP contribution in [0.15, 0.2) is 16.4 Å². The predicted molar refractivity (Wildman–Crippen MR) is 103 cm³/mol. The maximum absolute atomic E-state index is 5.52. The van der Waals surface area contributed by atoms with Crippen molar-refractivity contribution in [3.05, 3.63) is 21.9 Å². The molecular formula is C15H28IN3OS. The summed E-state index contributed by atoms with van der Waals surface area (Å²) in [6, 6.07) is 2.14. The van der Waals surface area contributed by atoms with Gasteiger partial charge in [0.15, 0.2) is 5.96 Å². The number of rotatable bonds is 8. The van der Waals surface area contributed by atoms with E-state index in [4.69, 9.17) is 4.74 Å². The van der Waals surface area contributed by atoms with Crippen molar-refractivity contribution >= 4 is 41.3 Å². The second-order valence-corrected chi connectivity index (χ2v) is 5.92. The molecule has 1 rings (SSSR count). The normalized spacial score (nSPS) is 11.4. The number of aryl methyl sites for hydroxylation is 1. The number of hydrogen-bond acceptors (Lipinski definition) is 3. The van der Waals surface area contributed by atoms with Gasteiger partial charge in [-0.05, 0) is 51.1 Å². The van der Waals surface area contributed by atoms with Crippen molar-refractivity contribution in [2.75, 3.05) is 19.7 Å². The first kappa shape index (κ1) is 20.7. The Morgan fingerprint density at radius 2 is 2.14 bits per heavy atom. The number of hydrogen-bond donors (Lipinski definition) is 2. The van der Waals surface area contributed by atoms with Crippen LogP contribution in [0, 0.1) is 6.92 Å². The van der Waals surface area contributed by atoms with Crippen LogP contribution in [0.5, 0.6) is 0 Å². The first-order chi connectivity index (χ1) is 9.63. The molecule has 0 amide bonds. The Labute approximate surface area is 149 Å². The van der Waals surface area contributed by atoms with Gasteiger partial charge in [0.05, 0.1) is 12.6 Å². The molecule has 4 nitrogen and oxygen atoms in total. The topological polar surface area (TPSA) is 45.7 Å².